The number of benzene rings is 1. The van der Waals surface area contributed by atoms with Crippen molar-refractivity contribution >= 4 is 20.0 Å². The van der Waals surface area contributed by atoms with Crippen LogP contribution in [0.15, 0.2) is 23.1 Å². The van der Waals surface area contributed by atoms with Crippen LogP contribution >= 0.6 is 0 Å². The van der Waals surface area contributed by atoms with Gasteiger partial charge in [-0.05, 0) is 18.2 Å². The van der Waals surface area contributed by atoms with Crippen molar-refractivity contribution in [1.82, 2.24) is 9.03 Å². The highest BCUT2D eigenvalue weighted by molar-refractivity contribution is 7.90. The number of nitrogens with two attached hydrogens (primary N) is 1. The van der Waals surface area contributed by atoms with E-state index in [1.807, 2.05) is 0 Å². The van der Waals surface area contributed by atoms with Gasteiger partial charge in [-0.15, -0.1) is 0 Å². The average Bonchev–Trinajstić information content (AvgIpc) is 2.38. The number of hydrogen-bond acceptors (Lipinski definition) is 5. The Morgan fingerprint density at radius 2 is 1.86 bits per heavy atom. The first-order valence-corrected chi connectivity index (χ1v) is 9.08. The van der Waals surface area contributed by atoms with E-state index in [9.17, 15) is 21.2 Å². The molecule has 0 fully saturated rings. The van der Waals surface area contributed by atoms with Crippen molar-refractivity contribution in [1.29, 1.82) is 0 Å². The Morgan fingerprint density at radius 1 is 1.24 bits per heavy atom. The van der Waals surface area contributed by atoms with Crippen LogP contribution in [0.4, 0.5) is 4.39 Å². The average molecular weight is 339 g/mol. The Kier molecular flexibility index (Phi) is 5.82. The second-order valence-electron chi connectivity index (χ2n) is 4.45. The Balaban J connectivity index is 2.84. The van der Waals surface area contributed by atoms with Crippen LogP contribution in [0.3, 0.4) is 0 Å². The molecule has 1 rings (SSSR count). The zero-order valence-electron chi connectivity index (χ0n) is 11.7. The van der Waals surface area contributed by atoms with Crippen LogP contribution in [-0.2, 0) is 26.6 Å². The van der Waals surface area contributed by atoms with E-state index in [-0.39, 0.29) is 29.3 Å². The zero-order chi connectivity index (χ0) is 16.3. The van der Waals surface area contributed by atoms with Gasteiger partial charge in [0.1, 0.15) is 5.82 Å². The van der Waals surface area contributed by atoms with Crippen LogP contribution in [0.25, 0.3) is 0 Å². The molecule has 0 amide bonds. The molecule has 1 aromatic rings. The second kappa shape index (κ2) is 6.79. The molecule has 21 heavy (non-hydrogen) atoms. The van der Waals surface area contributed by atoms with Gasteiger partial charge in [0.05, 0.1) is 10.6 Å². The highest BCUT2D eigenvalue weighted by Crippen LogP contribution is 2.14. The summed E-state index contributed by atoms with van der Waals surface area (Å²) < 4.78 is 63.5. The number of halogens is 1. The van der Waals surface area contributed by atoms with Gasteiger partial charge in [-0.1, -0.05) is 0 Å². The molecule has 0 aliphatic carbocycles. The largest absolute Gasteiger partial charge is 0.326 e. The van der Waals surface area contributed by atoms with Crippen molar-refractivity contribution in [3.8, 4) is 0 Å². The van der Waals surface area contributed by atoms with E-state index >= 15 is 0 Å². The summed E-state index contributed by atoms with van der Waals surface area (Å²) in [5, 5.41) is 0. The summed E-state index contributed by atoms with van der Waals surface area (Å²) >= 11 is 0. The maximum atomic E-state index is 13.3. The smallest absolute Gasteiger partial charge is 0.240 e. The molecule has 0 unspecified atom stereocenters. The second-order valence-corrected chi connectivity index (χ2v) is 8.52. The highest BCUT2D eigenvalue weighted by Gasteiger charge is 2.18. The highest BCUT2D eigenvalue weighted by atomic mass is 32.2. The molecule has 0 aliphatic heterocycles. The fourth-order valence-corrected chi connectivity index (χ4v) is 3.38. The molecule has 0 aromatic heterocycles. The summed E-state index contributed by atoms with van der Waals surface area (Å²) in [5.41, 5.74) is 5.38. The minimum absolute atomic E-state index is 0.0683. The van der Waals surface area contributed by atoms with Gasteiger partial charge in [0.15, 0.2) is 0 Å². The van der Waals surface area contributed by atoms with Gasteiger partial charge >= 0.3 is 0 Å². The van der Waals surface area contributed by atoms with Gasteiger partial charge < -0.3 is 5.73 Å². The summed E-state index contributed by atoms with van der Waals surface area (Å²) in [5.74, 6) is -0.962. The lowest BCUT2D eigenvalue weighted by Crippen LogP contribution is -2.34. The predicted molar refractivity (Wildman–Crippen MR) is 77.0 cm³/mol. The minimum atomic E-state index is -3.91. The van der Waals surface area contributed by atoms with Crippen LogP contribution in [-0.4, -0.2) is 47.5 Å². The van der Waals surface area contributed by atoms with Crippen molar-refractivity contribution in [3.63, 3.8) is 0 Å². The molecule has 0 radical (unpaired) electrons. The third-order valence-corrected chi connectivity index (χ3v) is 6.05. The van der Waals surface area contributed by atoms with E-state index in [4.69, 9.17) is 5.73 Å². The van der Waals surface area contributed by atoms with Crippen molar-refractivity contribution in [3.05, 3.63) is 29.6 Å². The van der Waals surface area contributed by atoms with Gasteiger partial charge in [-0.2, -0.15) is 0 Å². The zero-order valence-corrected chi connectivity index (χ0v) is 13.3. The summed E-state index contributed by atoms with van der Waals surface area (Å²) in [6.45, 7) is -0.414. The van der Waals surface area contributed by atoms with Crippen LogP contribution in [0, 0.1) is 5.82 Å². The number of sulfonamides is 2. The first-order valence-electron chi connectivity index (χ1n) is 5.98. The predicted octanol–water partition coefficient (Wildman–Crippen LogP) is -0.546. The molecule has 0 spiro atoms. The van der Waals surface area contributed by atoms with E-state index in [1.165, 1.54) is 14.1 Å². The van der Waals surface area contributed by atoms with Crippen LogP contribution in [0.2, 0.25) is 0 Å². The fraction of sp³-hybridized carbons (Fsp3) is 0.455. The first kappa shape index (κ1) is 18.0. The van der Waals surface area contributed by atoms with E-state index < -0.39 is 25.9 Å². The summed E-state index contributed by atoms with van der Waals surface area (Å²) in [7, 11) is -4.69. The monoisotopic (exact) mass is 339 g/mol. The Morgan fingerprint density at radius 3 is 2.38 bits per heavy atom. The number of rotatable bonds is 7. The summed E-state index contributed by atoms with van der Waals surface area (Å²) in [4.78, 5) is -0.161. The molecular weight excluding hydrogens is 321 g/mol. The van der Waals surface area contributed by atoms with E-state index in [2.05, 4.69) is 4.72 Å². The maximum absolute atomic E-state index is 13.3. The Bertz CT molecular complexity index is 702. The quantitative estimate of drug-likeness (QED) is 0.693. The fourth-order valence-electron chi connectivity index (χ4n) is 1.45. The maximum Gasteiger partial charge on any atom is 0.240 e. The summed E-state index contributed by atoms with van der Waals surface area (Å²) in [6, 6.07) is 3.22. The molecule has 3 N–H and O–H groups in total. The molecule has 0 heterocycles. The van der Waals surface area contributed by atoms with E-state index in [0.717, 1.165) is 22.5 Å². The van der Waals surface area contributed by atoms with Crippen molar-refractivity contribution in [2.75, 3.05) is 26.4 Å². The Hall–Kier alpha value is -1.07. The molecule has 0 saturated carbocycles. The molecule has 120 valence electrons. The third kappa shape index (κ3) is 4.71. The molecule has 0 atom stereocenters. The van der Waals surface area contributed by atoms with Gasteiger partial charge in [0.25, 0.3) is 0 Å². The first-order chi connectivity index (χ1) is 9.60. The molecule has 0 bridgehead atoms. The third-order valence-electron chi connectivity index (χ3n) is 2.76. The molecule has 7 nitrogen and oxygen atoms in total. The number of nitrogens with one attached hydrogen (secondary N) is 1. The summed E-state index contributed by atoms with van der Waals surface area (Å²) in [6.07, 6.45) is 0. The molecule has 0 saturated heterocycles. The molecular formula is C11H18FN3O4S2. The standard InChI is InChI=1S/C11H18FN3O4S2/c1-15(2)20(16,17)6-5-14-21(18,19)10-3-4-11(12)9(7-10)8-13/h3-4,7,14H,5-6,8,13H2,1-2H3. The van der Waals surface area contributed by atoms with Gasteiger partial charge in [-0.3, -0.25) is 0 Å². The lowest BCUT2D eigenvalue weighted by atomic mass is 10.2. The van der Waals surface area contributed by atoms with Crippen molar-refractivity contribution in [2.45, 2.75) is 11.4 Å². The van der Waals surface area contributed by atoms with Gasteiger partial charge in [0.2, 0.25) is 20.0 Å². The lowest BCUT2D eigenvalue weighted by Gasteiger charge is -2.12. The van der Waals surface area contributed by atoms with E-state index in [0.29, 0.717) is 0 Å². The molecule has 0 aliphatic rings. The van der Waals surface area contributed by atoms with Gasteiger partial charge in [0, 0.05) is 32.7 Å². The SMILES string of the molecule is CN(C)S(=O)(=O)CCNS(=O)(=O)c1ccc(F)c(CN)c1. The van der Waals surface area contributed by atoms with E-state index in [1.54, 1.807) is 0 Å². The number of nitrogens with zero attached hydrogens (tertiary/aromatic N) is 1. The number of hydrogen-bond donors (Lipinski definition) is 2. The van der Waals surface area contributed by atoms with Crippen LogP contribution < -0.4 is 10.5 Å². The normalized spacial score (nSPS) is 12.8. The van der Waals surface area contributed by atoms with Crippen LogP contribution in [0.1, 0.15) is 5.56 Å². The van der Waals surface area contributed by atoms with Crippen molar-refractivity contribution < 1.29 is 21.2 Å². The van der Waals surface area contributed by atoms with Crippen LogP contribution in [0.5, 0.6) is 0 Å². The Labute approximate surface area is 124 Å². The topological polar surface area (TPSA) is 110 Å². The molecule has 1 aromatic carbocycles. The minimum Gasteiger partial charge on any atom is -0.326 e. The lowest BCUT2D eigenvalue weighted by molar-refractivity contribution is 0.519. The van der Waals surface area contributed by atoms with Gasteiger partial charge in [-0.25, -0.2) is 30.3 Å². The molecule has 10 heteroatoms. The van der Waals surface area contributed by atoms with Crippen molar-refractivity contribution in [2.24, 2.45) is 5.73 Å².